The fourth-order valence-corrected chi connectivity index (χ4v) is 3.49. The highest BCUT2D eigenvalue weighted by molar-refractivity contribution is 5.92. The van der Waals surface area contributed by atoms with Crippen molar-refractivity contribution in [1.29, 1.82) is 0 Å². The maximum absolute atomic E-state index is 12.8. The highest BCUT2D eigenvalue weighted by Crippen LogP contribution is 2.30. The van der Waals surface area contributed by atoms with Gasteiger partial charge >= 0.3 is 6.18 Å². The molecular formula is C18H24F3N5O. The van der Waals surface area contributed by atoms with Crippen LogP contribution in [0.3, 0.4) is 0 Å². The topological polar surface area (TPSA) is 57.2 Å². The molecule has 3 heterocycles. The number of carbonyl (C=O) groups excluding carboxylic acids is 1. The van der Waals surface area contributed by atoms with Crippen molar-refractivity contribution < 1.29 is 18.0 Å². The smallest absolute Gasteiger partial charge is 0.353 e. The van der Waals surface area contributed by atoms with Crippen LogP contribution in [0.5, 0.6) is 0 Å². The fourth-order valence-electron chi connectivity index (χ4n) is 3.49. The maximum Gasteiger partial charge on any atom is 0.434 e. The van der Waals surface area contributed by atoms with Crippen LogP contribution < -0.4 is 0 Å². The van der Waals surface area contributed by atoms with Crippen LogP contribution >= 0.6 is 0 Å². The molecule has 1 aliphatic heterocycles. The molecule has 0 radical (unpaired) electrons. The van der Waals surface area contributed by atoms with E-state index < -0.39 is 11.9 Å². The van der Waals surface area contributed by atoms with Crippen molar-refractivity contribution in [2.45, 2.75) is 32.1 Å². The molecule has 0 saturated carbocycles. The van der Waals surface area contributed by atoms with E-state index in [0.29, 0.717) is 31.0 Å². The van der Waals surface area contributed by atoms with E-state index in [0.717, 1.165) is 24.9 Å². The van der Waals surface area contributed by atoms with Crippen molar-refractivity contribution in [3.05, 3.63) is 41.2 Å². The second-order valence-electron chi connectivity index (χ2n) is 7.39. The number of nitrogens with one attached hydrogen (secondary N) is 1. The van der Waals surface area contributed by atoms with E-state index >= 15 is 0 Å². The first-order valence-electron chi connectivity index (χ1n) is 8.85. The van der Waals surface area contributed by atoms with Gasteiger partial charge in [-0.05, 0) is 31.5 Å². The predicted octanol–water partition coefficient (Wildman–Crippen LogP) is 2.63. The Morgan fingerprint density at radius 1 is 1.33 bits per heavy atom. The standard InChI is InChI=1S/C18H24F3N5O/c1-24(2)17(27)14-6-5-13(22-14)10-25(3)8-12-4-7-16-23-15(18(19,20)21)11-26(16)9-12/h5-6,11-12,22H,4,7-10H2,1-3H3/t12-/m0/s1. The first-order valence-corrected chi connectivity index (χ1v) is 8.85. The van der Waals surface area contributed by atoms with Gasteiger partial charge in [0.1, 0.15) is 11.5 Å². The van der Waals surface area contributed by atoms with Crippen LogP contribution in [0.15, 0.2) is 18.3 Å². The summed E-state index contributed by atoms with van der Waals surface area (Å²) in [5.41, 5.74) is 0.668. The Labute approximate surface area is 156 Å². The number of H-pyrrole nitrogens is 1. The predicted molar refractivity (Wildman–Crippen MR) is 94.2 cm³/mol. The number of aromatic nitrogens is 3. The molecule has 0 aliphatic carbocycles. The minimum atomic E-state index is -4.40. The molecule has 148 valence electrons. The summed E-state index contributed by atoms with van der Waals surface area (Å²) in [5.74, 6) is 0.692. The number of aromatic amines is 1. The average Bonchev–Trinajstić information content (AvgIpc) is 3.19. The van der Waals surface area contributed by atoms with Gasteiger partial charge in [-0.15, -0.1) is 0 Å². The lowest BCUT2D eigenvalue weighted by Gasteiger charge is -2.27. The summed E-state index contributed by atoms with van der Waals surface area (Å²) in [5, 5.41) is 0. The van der Waals surface area contributed by atoms with Gasteiger partial charge in [-0.25, -0.2) is 4.98 Å². The minimum Gasteiger partial charge on any atom is -0.353 e. The number of hydrogen-bond acceptors (Lipinski definition) is 3. The third kappa shape index (κ3) is 4.52. The van der Waals surface area contributed by atoms with Crippen molar-refractivity contribution in [2.24, 2.45) is 5.92 Å². The summed E-state index contributed by atoms with van der Waals surface area (Å²) in [4.78, 5) is 22.4. The van der Waals surface area contributed by atoms with E-state index in [1.54, 1.807) is 24.7 Å². The zero-order valence-corrected chi connectivity index (χ0v) is 15.7. The SMILES string of the molecule is CN(Cc1ccc(C(=O)N(C)C)[nH]1)C[C@@H]1CCc2nc(C(F)(F)F)cn2C1. The number of aryl methyl sites for hydroxylation is 1. The molecule has 1 aliphatic rings. The molecule has 1 amide bonds. The van der Waals surface area contributed by atoms with Crippen LogP contribution in [0.2, 0.25) is 0 Å². The third-order valence-corrected chi connectivity index (χ3v) is 4.77. The molecular weight excluding hydrogens is 359 g/mol. The Kier molecular flexibility index (Phi) is 5.32. The summed E-state index contributed by atoms with van der Waals surface area (Å²) < 4.78 is 40.1. The lowest BCUT2D eigenvalue weighted by atomic mass is 9.99. The zero-order chi connectivity index (χ0) is 19.8. The number of imidazole rings is 1. The fraction of sp³-hybridized carbons (Fsp3) is 0.556. The van der Waals surface area contributed by atoms with Crippen LogP contribution in [-0.4, -0.2) is 57.9 Å². The lowest BCUT2D eigenvalue weighted by Crippen LogP contribution is -2.31. The normalized spacial score (nSPS) is 17.2. The van der Waals surface area contributed by atoms with E-state index in [-0.39, 0.29) is 11.8 Å². The van der Waals surface area contributed by atoms with E-state index in [1.165, 1.54) is 4.90 Å². The molecule has 27 heavy (non-hydrogen) atoms. The van der Waals surface area contributed by atoms with E-state index in [9.17, 15) is 18.0 Å². The van der Waals surface area contributed by atoms with E-state index in [2.05, 4.69) is 14.9 Å². The number of amides is 1. The molecule has 1 N–H and O–H groups in total. The molecule has 0 saturated heterocycles. The van der Waals surface area contributed by atoms with Crippen molar-refractivity contribution in [2.75, 3.05) is 27.7 Å². The molecule has 2 aromatic rings. The van der Waals surface area contributed by atoms with E-state index in [1.807, 2.05) is 13.1 Å². The van der Waals surface area contributed by atoms with Gasteiger partial charge < -0.3 is 19.4 Å². The van der Waals surface area contributed by atoms with E-state index in [4.69, 9.17) is 0 Å². The lowest BCUT2D eigenvalue weighted by molar-refractivity contribution is -0.141. The van der Waals surface area contributed by atoms with Crippen molar-refractivity contribution in [3.8, 4) is 0 Å². The van der Waals surface area contributed by atoms with Crippen molar-refractivity contribution in [1.82, 2.24) is 24.3 Å². The first-order chi connectivity index (χ1) is 12.6. The molecule has 6 nitrogen and oxygen atoms in total. The largest absolute Gasteiger partial charge is 0.434 e. The minimum absolute atomic E-state index is 0.0794. The highest BCUT2D eigenvalue weighted by atomic mass is 19.4. The second kappa shape index (κ2) is 7.38. The summed E-state index contributed by atoms with van der Waals surface area (Å²) in [6, 6.07) is 3.65. The molecule has 0 fully saturated rings. The number of hydrogen-bond donors (Lipinski definition) is 1. The second-order valence-corrected chi connectivity index (χ2v) is 7.39. The maximum atomic E-state index is 12.8. The Morgan fingerprint density at radius 3 is 2.74 bits per heavy atom. The Hall–Kier alpha value is -2.29. The van der Waals surface area contributed by atoms with Gasteiger partial charge in [0.05, 0.1) is 0 Å². The first kappa shape index (κ1) is 19.5. The number of nitrogens with zero attached hydrogens (tertiary/aromatic N) is 4. The molecule has 0 bridgehead atoms. The summed E-state index contributed by atoms with van der Waals surface area (Å²) in [6.07, 6.45) is -1.91. The van der Waals surface area contributed by atoms with Gasteiger partial charge in [0.2, 0.25) is 0 Å². The van der Waals surface area contributed by atoms with Crippen molar-refractivity contribution >= 4 is 5.91 Å². The number of fused-ring (bicyclic) bond motifs is 1. The van der Waals surface area contributed by atoms with Gasteiger partial charge in [-0.3, -0.25) is 4.79 Å². The van der Waals surface area contributed by atoms with Gasteiger partial charge in [0.25, 0.3) is 5.91 Å². The Balaban J connectivity index is 1.57. The van der Waals surface area contributed by atoms with Crippen LogP contribution in [0, 0.1) is 5.92 Å². The van der Waals surface area contributed by atoms with Gasteiger partial charge in [0, 0.05) is 52.0 Å². The Bertz CT molecular complexity index is 808. The summed E-state index contributed by atoms with van der Waals surface area (Å²) in [6.45, 7) is 1.94. The molecule has 3 rings (SSSR count). The van der Waals surface area contributed by atoms with Crippen LogP contribution in [0.25, 0.3) is 0 Å². The summed E-state index contributed by atoms with van der Waals surface area (Å²) in [7, 11) is 5.37. The average molecular weight is 383 g/mol. The number of alkyl halides is 3. The summed E-state index contributed by atoms with van der Waals surface area (Å²) >= 11 is 0. The van der Waals surface area contributed by atoms with Crippen LogP contribution in [0.4, 0.5) is 13.2 Å². The van der Waals surface area contributed by atoms with Gasteiger partial charge in [0.15, 0.2) is 5.69 Å². The number of carbonyl (C=O) groups is 1. The van der Waals surface area contributed by atoms with Gasteiger partial charge in [-0.2, -0.15) is 13.2 Å². The number of rotatable bonds is 5. The monoisotopic (exact) mass is 383 g/mol. The molecule has 0 unspecified atom stereocenters. The molecule has 0 aromatic carbocycles. The third-order valence-electron chi connectivity index (χ3n) is 4.77. The van der Waals surface area contributed by atoms with Gasteiger partial charge in [-0.1, -0.05) is 0 Å². The molecule has 1 atom stereocenters. The van der Waals surface area contributed by atoms with Crippen LogP contribution in [-0.2, 0) is 25.7 Å². The molecule has 0 spiro atoms. The number of halogens is 3. The van der Waals surface area contributed by atoms with Crippen molar-refractivity contribution in [3.63, 3.8) is 0 Å². The molecule has 2 aromatic heterocycles. The Morgan fingerprint density at radius 2 is 2.07 bits per heavy atom. The van der Waals surface area contributed by atoms with Crippen LogP contribution in [0.1, 0.15) is 34.1 Å². The highest BCUT2D eigenvalue weighted by Gasteiger charge is 2.35. The zero-order valence-electron chi connectivity index (χ0n) is 15.7. The molecule has 9 heteroatoms. The quantitative estimate of drug-likeness (QED) is 0.864.